The van der Waals surface area contributed by atoms with Crippen LogP contribution in [0.15, 0.2) is 30.3 Å². The third-order valence-corrected chi connectivity index (χ3v) is 1.92. The summed E-state index contributed by atoms with van der Waals surface area (Å²) in [6, 6.07) is 6.70. The van der Waals surface area contributed by atoms with Gasteiger partial charge in [-0.1, -0.05) is 30.3 Å². The number of Topliss-reactive ketones (excluding diaryl/α,β-unsaturated/α-hetero) is 1. The maximum Gasteiger partial charge on any atom is 0.483 e. The third-order valence-electron chi connectivity index (χ3n) is 1.92. The average molecular weight is 225 g/mol. The first-order valence-electron chi connectivity index (χ1n) is 4.10. The molecule has 0 bridgehead atoms. The molecule has 0 aliphatic heterocycles. The number of aliphatic carboxylic acids is 1. The Morgan fingerprint density at radius 2 is 1.75 bits per heavy atom. The molecular formula is C9H7NO6. The number of benzene rings is 1. The standard InChI is InChI=1S/C9H7NO6/c11-7(6-4-2-1-3-5-6)9(14,8(12)13)10(15)16/h1-5,14H,(H,12,13). The maximum atomic E-state index is 11.5. The van der Waals surface area contributed by atoms with E-state index in [1.165, 1.54) is 24.3 Å². The van der Waals surface area contributed by atoms with Crippen molar-refractivity contribution >= 4 is 11.8 Å². The lowest BCUT2D eigenvalue weighted by Gasteiger charge is -2.12. The van der Waals surface area contributed by atoms with Crippen LogP contribution in [0.4, 0.5) is 0 Å². The monoisotopic (exact) mass is 225 g/mol. The molecule has 0 spiro atoms. The highest BCUT2D eigenvalue weighted by Gasteiger charge is 2.58. The molecule has 1 aromatic carbocycles. The number of hydrogen-bond acceptors (Lipinski definition) is 5. The highest BCUT2D eigenvalue weighted by molar-refractivity contribution is 6.12. The van der Waals surface area contributed by atoms with E-state index in [-0.39, 0.29) is 5.56 Å². The van der Waals surface area contributed by atoms with Gasteiger partial charge in [0.15, 0.2) is 0 Å². The lowest BCUT2D eigenvalue weighted by Crippen LogP contribution is -2.53. The summed E-state index contributed by atoms with van der Waals surface area (Å²) in [4.78, 5) is 30.9. The largest absolute Gasteiger partial charge is 0.483 e. The van der Waals surface area contributed by atoms with E-state index < -0.39 is 22.4 Å². The molecule has 0 heterocycles. The number of ketones is 1. The van der Waals surface area contributed by atoms with E-state index in [4.69, 9.17) is 5.11 Å². The lowest BCUT2D eigenvalue weighted by molar-refractivity contribution is -0.585. The van der Waals surface area contributed by atoms with Gasteiger partial charge in [0, 0.05) is 5.56 Å². The molecule has 84 valence electrons. The summed E-state index contributed by atoms with van der Waals surface area (Å²) < 4.78 is 0. The van der Waals surface area contributed by atoms with Crippen molar-refractivity contribution in [2.45, 2.75) is 5.72 Å². The first kappa shape index (κ1) is 11.8. The molecule has 0 aliphatic carbocycles. The number of hydrogen-bond donors (Lipinski definition) is 2. The van der Waals surface area contributed by atoms with E-state index in [0.29, 0.717) is 0 Å². The fraction of sp³-hybridized carbons (Fsp3) is 0.111. The smallest absolute Gasteiger partial charge is 0.474 e. The van der Waals surface area contributed by atoms with E-state index in [1.807, 2.05) is 0 Å². The summed E-state index contributed by atoms with van der Waals surface area (Å²) in [6.45, 7) is 0. The van der Waals surface area contributed by atoms with Crippen LogP contribution in [-0.4, -0.2) is 32.6 Å². The van der Waals surface area contributed by atoms with Crippen molar-refractivity contribution in [1.29, 1.82) is 0 Å². The lowest BCUT2D eigenvalue weighted by atomic mass is 10.0. The Morgan fingerprint density at radius 1 is 1.25 bits per heavy atom. The van der Waals surface area contributed by atoms with Gasteiger partial charge in [-0.15, -0.1) is 0 Å². The van der Waals surface area contributed by atoms with Crippen LogP contribution in [0.3, 0.4) is 0 Å². The second-order valence-corrected chi connectivity index (χ2v) is 2.93. The number of nitrogens with zero attached hydrogens (tertiary/aromatic N) is 1. The predicted molar refractivity (Wildman–Crippen MR) is 50.4 cm³/mol. The number of nitro groups is 1. The van der Waals surface area contributed by atoms with Crippen molar-refractivity contribution in [3.8, 4) is 0 Å². The van der Waals surface area contributed by atoms with Crippen molar-refractivity contribution in [3.63, 3.8) is 0 Å². The minimum atomic E-state index is -3.64. The molecular weight excluding hydrogens is 218 g/mol. The van der Waals surface area contributed by atoms with Gasteiger partial charge in [0.25, 0.3) is 5.78 Å². The highest BCUT2D eigenvalue weighted by atomic mass is 16.7. The number of carboxylic acid groups (broad SMARTS) is 1. The first-order chi connectivity index (χ1) is 7.40. The zero-order chi connectivity index (χ0) is 12.3. The van der Waals surface area contributed by atoms with E-state index in [9.17, 15) is 24.8 Å². The van der Waals surface area contributed by atoms with Gasteiger partial charge in [0.05, 0.1) is 4.92 Å². The summed E-state index contributed by atoms with van der Waals surface area (Å²) in [5, 5.41) is 28.2. The van der Waals surface area contributed by atoms with Crippen LogP contribution in [0.2, 0.25) is 0 Å². The normalized spacial score (nSPS) is 13.8. The molecule has 7 nitrogen and oxygen atoms in total. The van der Waals surface area contributed by atoms with Crippen LogP contribution in [0.1, 0.15) is 10.4 Å². The summed E-state index contributed by atoms with van der Waals surface area (Å²) in [7, 11) is 0. The van der Waals surface area contributed by atoms with Gasteiger partial charge in [-0.25, -0.2) is 4.79 Å². The highest BCUT2D eigenvalue weighted by Crippen LogP contribution is 2.14. The van der Waals surface area contributed by atoms with Crippen molar-refractivity contribution in [2.24, 2.45) is 0 Å². The van der Waals surface area contributed by atoms with Crippen LogP contribution in [0.25, 0.3) is 0 Å². The summed E-state index contributed by atoms with van der Waals surface area (Å²) >= 11 is 0. The minimum absolute atomic E-state index is 0.246. The zero-order valence-electron chi connectivity index (χ0n) is 7.86. The fourth-order valence-electron chi connectivity index (χ4n) is 1.05. The second-order valence-electron chi connectivity index (χ2n) is 2.93. The van der Waals surface area contributed by atoms with Gasteiger partial charge in [-0.3, -0.25) is 14.9 Å². The summed E-state index contributed by atoms with van der Waals surface area (Å²) in [5.41, 5.74) is -3.88. The van der Waals surface area contributed by atoms with E-state index in [2.05, 4.69) is 0 Å². The Morgan fingerprint density at radius 3 is 2.12 bits per heavy atom. The minimum Gasteiger partial charge on any atom is -0.474 e. The molecule has 1 unspecified atom stereocenters. The zero-order valence-corrected chi connectivity index (χ0v) is 7.86. The summed E-state index contributed by atoms with van der Waals surface area (Å²) in [6.07, 6.45) is 0. The van der Waals surface area contributed by atoms with Crippen LogP contribution in [0, 0.1) is 10.1 Å². The molecule has 0 aromatic heterocycles. The molecule has 0 saturated heterocycles. The molecule has 2 N–H and O–H groups in total. The number of carbonyl (C=O) groups is 2. The van der Waals surface area contributed by atoms with Crippen LogP contribution in [0.5, 0.6) is 0 Å². The van der Waals surface area contributed by atoms with E-state index in [1.54, 1.807) is 6.07 Å². The van der Waals surface area contributed by atoms with E-state index >= 15 is 0 Å². The number of aliphatic hydroxyl groups is 1. The topological polar surface area (TPSA) is 118 Å². The van der Waals surface area contributed by atoms with E-state index in [0.717, 1.165) is 0 Å². The fourth-order valence-corrected chi connectivity index (χ4v) is 1.05. The average Bonchev–Trinajstić information content (AvgIpc) is 2.27. The Kier molecular flexibility index (Phi) is 3.00. The summed E-state index contributed by atoms with van der Waals surface area (Å²) in [5.74, 6) is -3.70. The van der Waals surface area contributed by atoms with Gasteiger partial charge in [-0.2, -0.15) is 0 Å². The third kappa shape index (κ3) is 1.75. The molecule has 0 radical (unpaired) electrons. The van der Waals surface area contributed by atoms with Gasteiger partial charge >= 0.3 is 11.7 Å². The molecule has 0 aliphatic rings. The van der Waals surface area contributed by atoms with Crippen molar-refractivity contribution in [3.05, 3.63) is 46.0 Å². The molecule has 16 heavy (non-hydrogen) atoms. The van der Waals surface area contributed by atoms with Gasteiger partial charge in [0.2, 0.25) is 0 Å². The molecule has 0 saturated carbocycles. The number of carbonyl (C=O) groups excluding carboxylic acids is 1. The van der Waals surface area contributed by atoms with Gasteiger partial charge < -0.3 is 10.2 Å². The Balaban J connectivity index is 3.22. The number of carboxylic acids is 1. The predicted octanol–water partition coefficient (Wildman–Crippen LogP) is -0.0808. The van der Waals surface area contributed by atoms with Crippen molar-refractivity contribution in [2.75, 3.05) is 0 Å². The second kappa shape index (κ2) is 4.07. The van der Waals surface area contributed by atoms with Crippen molar-refractivity contribution < 1.29 is 24.7 Å². The van der Waals surface area contributed by atoms with Crippen molar-refractivity contribution in [1.82, 2.24) is 0 Å². The Hall–Kier alpha value is -2.28. The molecule has 1 rings (SSSR count). The molecule has 0 amide bonds. The molecule has 1 aromatic rings. The quantitative estimate of drug-likeness (QED) is 0.243. The number of rotatable bonds is 4. The van der Waals surface area contributed by atoms with Crippen LogP contribution >= 0.6 is 0 Å². The first-order valence-corrected chi connectivity index (χ1v) is 4.10. The molecule has 7 heteroatoms. The van der Waals surface area contributed by atoms with Gasteiger partial charge in [0.1, 0.15) is 0 Å². The van der Waals surface area contributed by atoms with Crippen LogP contribution in [-0.2, 0) is 4.79 Å². The Labute approximate surface area is 89.1 Å². The molecule has 1 atom stereocenters. The molecule has 0 fully saturated rings. The SMILES string of the molecule is O=C(O)C(O)(C(=O)c1ccccc1)[N+](=O)[O-]. The van der Waals surface area contributed by atoms with Crippen LogP contribution < -0.4 is 0 Å². The maximum absolute atomic E-state index is 11.5. The Bertz CT molecular complexity index is 427. The van der Waals surface area contributed by atoms with Gasteiger partial charge in [-0.05, 0) is 0 Å².